The number of ether oxygens (including phenoxy) is 2. The molecular formula is C18H21ClN2O3. The van der Waals surface area contributed by atoms with Crippen molar-refractivity contribution in [1.29, 1.82) is 0 Å². The Balaban J connectivity index is 2.18. The summed E-state index contributed by atoms with van der Waals surface area (Å²) in [6.07, 6.45) is 0. The first-order valence-corrected chi connectivity index (χ1v) is 7.98. The molecule has 2 amide bonds. The number of nitrogens with one attached hydrogen (secondary N) is 1. The molecule has 0 aromatic heterocycles. The third-order valence-corrected chi connectivity index (χ3v) is 3.90. The van der Waals surface area contributed by atoms with Gasteiger partial charge in [0.05, 0.1) is 24.9 Å². The fourth-order valence-corrected chi connectivity index (χ4v) is 2.51. The number of carbonyl (C=O) groups is 1. The summed E-state index contributed by atoms with van der Waals surface area (Å²) in [5.41, 5.74) is 1.57. The summed E-state index contributed by atoms with van der Waals surface area (Å²) in [6, 6.07) is 12.9. The van der Waals surface area contributed by atoms with Gasteiger partial charge in [-0.25, -0.2) is 4.79 Å². The van der Waals surface area contributed by atoms with Crippen molar-refractivity contribution in [2.75, 3.05) is 26.1 Å². The summed E-state index contributed by atoms with van der Waals surface area (Å²) < 4.78 is 10.5. The number of hydrogen-bond donors (Lipinski definition) is 1. The molecular weight excluding hydrogens is 328 g/mol. The molecule has 0 fully saturated rings. The molecule has 2 rings (SSSR count). The summed E-state index contributed by atoms with van der Waals surface area (Å²) in [5, 5.41) is 3.28. The molecule has 0 saturated carbocycles. The van der Waals surface area contributed by atoms with Crippen LogP contribution in [-0.2, 0) is 6.54 Å². The van der Waals surface area contributed by atoms with Crippen LogP contribution in [0, 0.1) is 0 Å². The normalized spacial score (nSPS) is 10.2. The monoisotopic (exact) mass is 348 g/mol. The number of halogens is 1. The van der Waals surface area contributed by atoms with Crippen LogP contribution in [0.15, 0.2) is 42.5 Å². The minimum atomic E-state index is -0.218. The number of amides is 2. The zero-order chi connectivity index (χ0) is 17.5. The molecule has 1 N–H and O–H groups in total. The van der Waals surface area contributed by atoms with Gasteiger partial charge in [-0.3, -0.25) is 0 Å². The van der Waals surface area contributed by atoms with Crippen molar-refractivity contribution >= 4 is 23.3 Å². The molecule has 0 aliphatic heterocycles. The molecule has 0 spiro atoms. The molecule has 0 aliphatic rings. The number of carbonyl (C=O) groups excluding carboxylic acids is 1. The fraction of sp³-hybridized carbons (Fsp3) is 0.278. The molecule has 0 radical (unpaired) electrons. The van der Waals surface area contributed by atoms with E-state index >= 15 is 0 Å². The van der Waals surface area contributed by atoms with E-state index in [0.29, 0.717) is 35.3 Å². The summed E-state index contributed by atoms with van der Waals surface area (Å²) in [7, 11) is 3.04. The lowest BCUT2D eigenvalue weighted by atomic mass is 10.2. The largest absolute Gasteiger partial charge is 0.495 e. The average molecular weight is 349 g/mol. The van der Waals surface area contributed by atoms with Crippen LogP contribution in [0.3, 0.4) is 0 Å². The van der Waals surface area contributed by atoms with Crippen LogP contribution in [0.25, 0.3) is 0 Å². The summed E-state index contributed by atoms with van der Waals surface area (Å²) >= 11 is 6.09. The van der Waals surface area contributed by atoms with E-state index in [4.69, 9.17) is 21.1 Å². The van der Waals surface area contributed by atoms with Gasteiger partial charge < -0.3 is 19.7 Å². The van der Waals surface area contributed by atoms with Gasteiger partial charge in [0.15, 0.2) is 0 Å². The third-order valence-electron chi connectivity index (χ3n) is 3.60. The van der Waals surface area contributed by atoms with E-state index < -0.39 is 0 Å². The Hall–Kier alpha value is -2.40. The maximum atomic E-state index is 12.6. The molecule has 128 valence electrons. The molecule has 2 aromatic carbocycles. The molecule has 0 bridgehead atoms. The number of benzene rings is 2. The Morgan fingerprint density at radius 1 is 1.12 bits per heavy atom. The van der Waals surface area contributed by atoms with Gasteiger partial charge in [-0.2, -0.15) is 0 Å². The minimum Gasteiger partial charge on any atom is -0.495 e. The first-order chi connectivity index (χ1) is 11.6. The van der Waals surface area contributed by atoms with Gasteiger partial charge in [-0.1, -0.05) is 41.9 Å². The van der Waals surface area contributed by atoms with Gasteiger partial charge in [-0.15, -0.1) is 0 Å². The molecule has 0 saturated heterocycles. The highest BCUT2D eigenvalue weighted by Gasteiger charge is 2.16. The predicted octanol–water partition coefficient (Wildman–Crippen LogP) is 4.41. The average Bonchev–Trinajstić information content (AvgIpc) is 2.61. The van der Waals surface area contributed by atoms with Crippen LogP contribution >= 0.6 is 11.6 Å². The Morgan fingerprint density at radius 2 is 1.79 bits per heavy atom. The molecule has 5 nitrogen and oxygen atoms in total. The number of anilines is 1. The SMILES string of the molecule is CCN(Cc1ccccc1)C(=O)Nc1cc(OC)c(Cl)cc1OC. The van der Waals surface area contributed by atoms with Crippen molar-refractivity contribution in [1.82, 2.24) is 4.90 Å². The van der Waals surface area contributed by atoms with E-state index in [1.54, 1.807) is 17.0 Å². The number of hydrogen-bond acceptors (Lipinski definition) is 3. The third kappa shape index (κ3) is 4.32. The molecule has 0 heterocycles. The topological polar surface area (TPSA) is 50.8 Å². The summed E-state index contributed by atoms with van der Waals surface area (Å²) in [4.78, 5) is 14.3. The van der Waals surface area contributed by atoms with Crippen molar-refractivity contribution in [3.05, 3.63) is 53.1 Å². The van der Waals surface area contributed by atoms with Gasteiger partial charge in [0.1, 0.15) is 11.5 Å². The van der Waals surface area contributed by atoms with E-state index in [1.165, 1.54) is 14.2 Å². The zero-order valence-electron chi connectivity index (χ0n) is 14.0. The fourth-order valence-electron chi connectivity index (χ4n) is 2.28. The molecule has 2 aromatic rings. The Labute approximate surface area is 147 Å². The lowest BCUT2D eigenvalue weighted by Gasteiger charge is -2.22. The summed E-state index contributed by atoms with van der Waals surface area (Å²) in [5.74, 6) is 0.948. The lowest BCUT2D eigenvalue weighted by molar-refractivity contribution is 0.212. The predicted molar refractivity (Wildman–Crippen MR) is 96.1 cm³/mol. The van der Waals surface area contributed by atoms with E-state index in [0.717, 1.165) is 5.56 Å². The van der Waals surface area contributed by atoms with Crippen LogP contribution in [0.5, 0.6) is 11.5 Å². The second kappa shape index (κ2) is 8.45. The van der Waals surface area contributed by atoms with Crippen molar-refractivity contribution in [2.24, 2.45) is 0 Å². The first-order valence-electron chi connectivity index (χ1n) is 7.60. The van der Waals surface area contributed by atoms with Crippen LogP contribution in [0.2, 0.25) is 5.02 Å². The maximum Gasteiger partial charge on any atom is 0.322 e. The molecule has 0 atom stereocenters. The van der Waals surface area contributed by atoms with E-state index in [-0.39, 0.29) is 6.03 Å². The second-order valence-corrected chi connectivity index (χ2v) is 5.52. The van der Waals surface area contributed by atoms with Gasteiger partial charge in [0.25, 0.3) is 0 Å². The van der Waals surface area contributed by atoms with Crippen LogP contribution in [0.1, 0.15) is 12.5 Å². The van der Waals surface area contributed by atoms with Crippen molar-refractivity contribution in [3.8, 4) is 11.5 Å². The number of nitrogens with zero attached hydrogens (tertiary/aromatic N) is 1. The van der Waals surface area contributed by atoms with E-state index in [2.05, 4.69) is 5.32 Å². The second-order valence-electron chi connectivity index (χ2n) is 5.12. The Bertz CT molecular complexity index is 692. The van der Waals surface area contributed by atoms with Crippen molar-refractivity contribution < 1.29 is 14.3 Å². The maximum absolute atomic E-state index is 12.6. The van der Waals surface area contributed by atoms with Gasteiger partial charge in [-0.05, 0) is 12.5 Å². The van der Waals surface area contributed by atoms with Crippen molar-refractivity contribution in [3.63, 3.8) is 0 Å². The molecule has 6 heteroatoms. The zero-order valence-corrected chi connectivity index (χ0v) is 14.8. The molecule has 24 heavy (non-hydrogen) atoms. The standard InChI is InChI=1S/C18H21ClN2O3/c1-4-21(12-13-8-6-5-7-9-13)18(22)20-15-11-16(23-2)14(19)10-17(15)24-3/h5-11H,4,12H2,1-3H3,(H,20,22). The molecule has 0 aliphatic carbocycles. The quantitative estimate of drug-likeness (QED) is 0.841. The van der Waals surface area contributed by atoms with Gasteiger partial charge in [0, 0.05) is 25.2 Å². The number of methoxy groups -OCH3 is 2. The molecule has 0 unspecified atom stereocenters. The van der Waals surface area contributed by atoms with E-state index in [9.17, 15) is 4.79 Å². The van der Waals surface area contributed by atoms with Crippen LogP contribution < -0.4 is 14.8 Å². The first kappa shape index (κ1) is 17.9. The lowest BCUT2D eigenvalue weighted by Crippen LogP contribution is -2.34. The van der Waals surface area contributed by atoms with E-state index in [1.807, 2.05) is 37.3 Å². The van der Waals surface area contributed by atoms with Gasteiger partial charge >= 0.3 is 6.03 Å². The van der Waals surface area contributed by atoms with Crippen LogP contribution in [0.4, 0.5) is 10.5 Å². The minimum absolute atomic E-state index is 0.218. The Morgan fingerprint density at radius 3 is 2.38 bits per heavy atom. The highest BCUT2D eigenvalue weighted by molar-refractivity contribution is 6.32. The highest BCUT2D eigenvalue weighted by Crippen LogP contribution is 2.36. The summed E-state index contributed by atoms with van der Waals surface area (Å²) in [6.45, 7) is 3.03. The number of rotatable bonds is 6. The van der Waals surface area contributed by atoms with Crippen LogP contribution in [-0.4, -0.2) is 31.7 Å². The smallest absolute Gasteiger partial charge is 0.322 e. The highest BCUT2D eigenvalue weighted by atomic mass is 35.5. The van der Waals surface area contributed by atoms with Gasteiger partial charge in [0.2, 0.25) is 0 Å². The Kier molecular flexibility index (Phi) is 6.32. The van der Waals surface area contributed by atoms with Crippen molar-refractivity contribution in [2.45, 2.75) is 13.5 Å². The number of urea groups is 1.